The summed E-state index contributed by atoms with van der Waals surface area (Å²) in [4.78, 5) is 13.9. The lowest BCUT2D eigenvalue weighted by Crippen LogP contribution is -2.01. The maximum atomic E-state index is 11.2. The van der Waals surface area contributed by atoms with Crippen molar-refractivity contribution in [3.63, 3.8) is 0 Å². The van der Waals surface area contributed by atoms with Crippen LogP contribution < -0.4 is 0 Å². The summed E-state index contributed by atoms with van der Waals surface area (Å²) in [7, 11) is 0. The quantitative estimate of drug-likeness (QED) is 0.292. The molecule has 0 N–H and O–H groups in total. The van der Waals surface area contributed by atoms with Gasteiger partial charge >= 0.3 is 6.21 Å². The lowest BCUT2D eigenvalue weighted by Gasteiger charge is -1.98. The second-order valence-corrected chi connectivity index (χ2v) is 2.99. The highest BCUT2D eigenvalue weighted by molar-refractivity contribution is 6.33. The van der Waals surface area contributed by atoms with Crippen molar-refractivity contribution in [2.24, 2.45) is 0 Å². The van der Waals surface area contributed by atoms with Gasteiger partial charge in [-0.25, -0.2) is 0 Å². The van der Waals surface area contributed by atoms with E-state index in [1.54, 1.807) is 12.1 Å². The molecule has 0 aromatic heterocycles. The molecule has 0 amide bonds. The predicted molar refractivity (Wildman–Crippen MR) is 49.9 cm³/mol. The standard InChI is InChI=1S/C10H10N2O/c1-7-3-8(2)5-9(4-7)10(13)6-12-11/h3-6H,1-2H3. The molecule has 1 rings (SSSR count). The molecule has 0 atom stereocenters. The number of ketones is 1. The van der Waals surface area contributed by atoms with E-state index in [9.17, 15) is 4.79 Å². The van der Waals surface area contributed by atoms with E-state index in [1.165, 1.54) is 0 Å². The predicted octanol–water partition coefficient (Wildman–Crippen LogP) is 1.79. The van der Waals surface area contributed by atoms with Gasteiger partial charge in [0.25, 0.3) is 5.78 Å². The molecule has 0 bridgehead atoms. The summed E-state index contributed by atoms with van der Waals surface area (Å²) in [6.45, 7) is 3.83. The molecule has 0 aliphatic carbocycles. The van der Waals surface area contributed by atoms with Crippen LogP contribution in [-0.2, 0) is 0 Å². The minimum absolute atomic E-state index is 0.283. The molecule has 3 heteroatoms. The third-order valence-corrected chi connectivity index (χ3v) is 1.68. The third kappa shape index (κ3) is 2.36. The van der Waals surface area contributed by atoms with Crippen LogP contribution in [0, 0.1) is 13.8 Å². The van der Waals surface area contributed by atoms with E-state index in [-0.39, 0.29) is 5.78 Å². The Morgan fingerprint density at radius 1 is 1.31 bits per heavy atom. The zero-order valence-electron chi connectivity index (χ0n) is 7.61. The Labute approximate surface area is 76.6 Å². The second kappa shape index (κ2) is 3.78. The first kappa shape index (κ1) is 9.36. The van der Waals surface area contributed by atoms with Crippen molar-refractivity contribution in [2.45, 2.75) is 13.8 Å². The van der Waals surface area contributed by atoms with Crippen molar-refractivity contribution in [3.8, 4) is 0 Å². The molecule has 0 aliphatic heterocycles. The zero-order chi connectivity index (χ0) is 9.84. The molecule has 3 nitrogen and oxygen atoms in total. The average molecular weight is 174 g/mol. The number of Topliss-reactive ketones (excluding diaryl/α,β-unsaturated/α-hetero) is 1. The summed E-state index contributed by atoms with van der Waals surface area (Å²) in [5.74, 6) is -0.283. The lowest BCUT2D eigenvalue weighted by molar-refractivity contribution is 0.00235. The molecule has 0 heterocycles. The van der Waals surface area contributed by atoms with Crippen molar-refractivity contribution < 1.29 is 9.58 Å². The molecule has 0 saturated carbocycles. The van der Waals surface area contributed by atoms with Gasteiger partial charge in [-0.2, -0.15) is 4.79 Å². The molecular formula is C10H10N2O. The van der Waals surface area contributed by atoms with Gasteiger partial charge in [-0.3, -0.25) is 4.79 Å². The van der Waals surface area contributed by atoms with Gasteiger partial charge in [0.05, 0.1) is 0 Å². The lowest BCUT2D eigenvalue weighted by atomic mass is 10.1. The number of aryl methyl sites for hydroxylation is 2. The molecule has 0 radical (unpaired) electrons. The highest BCUT2D eigenvalue weighted by Crippen LogP contribution is 2.08. The Hall–Kier alpha value is -1.73. The second-order valence-electron chi connectivity index (χ2n) is 2.99. The summed E-state index contributed by atoms with van der Waals surface area (Å²) in [6, 6.07) is 5.50. The minimum Gasteiger partial charge on any atom is -0.361 e. The van der Waals surface area contributed by atoms with Crippen LogP contribution in [0.5, 0.6) is 0 Å². The fraction of sp³-hybridized carbons (Fsp3) is 0.200. The van der Waals surface area contributed by atoms with Gasteiger partial charge < -0.3 is 5.53 Å². The van der Waals surface area contributed by atoms with Crippen molar-refractivity contribution in [2.75, 3.05) is 0 Å². The largest absolute Gasteiger partial charge is 0.361 e. The number of carbonyl (C=O) groups is 1. The van der Waals surface area contributed by atoms with Crippen LogP contribution in [-0.4, -0.2) is 16.8 Å². The Kier molecular flexibility index (Phi) is 2.72. The van der Waals surface area contributed by atoms with Crippen LogP contribution >= 0.6 is 0 Å². The Balaban J connectivity index is 3.15. The molecule has 1 aromatic rings. The fourth-order valence-electron chi connectivity index (χ4n) is 1.24. The van der Waals surface area contributed by atoms with Gasteiger partial charge in [-0.1, -0.05) is 17.2 Å². The van der Waals surface area contributed by atoms with Gasteiger partial charge in [0.15, 0.2) is 0 Å². The van der Waals surface area contributed by atoms with Crippen molar-refractivity contribution in [1.82, 2.24) is 0 Å². The normalized spacial score (nSPS) is 9.08. The number of nitrogens with zero attached hydrogens (tertiary/aromatic N) is 2. The zero-order valence-corrected chi connectivity index (χ0v) is 7.61. The Morgan fingerprint density at radius 2 is 1.85 bits per heavy atom. The number of hydrogen-bond donors (Lipinski definition) is 0. The van der Waals surface area contributed by atoms with Crippen molar-refractivity contribution in [3.05, 3.63) is 40.4 Å². The molecule has 0 aliphatic rings. The molecule has 0 spiro atoms. The van der Waals surface area contributed by atoms with Gasteiger partial charge in [-0.15, -0.1) is 0 Å². The van der Waals surface area contributed by atoms with E-state index in [1.807, 2.05) is 19.9 Å². The highest BCUT2D eigenvalue weighted by atomic mass is 16.1. The van der Waals surface area contributed by atoms with Crippen LogP contribution in [0.25, 0.3) is 5.53 Å². The maximum absolute atomic E-state index is 11.2. The van der Waals surface area contributed by atoms with Crippen LogP contribution in [0.15, 0.2) is 18.2 Å². The van der Waals surface area contributed by atoms with Crippen molar-refractivity contribution in [1.29, 1.82) is 0 Å². The smallest absolute Gasteiger partial charge is 0.328 e. The Morgan fingerprint density at radius 3 is 2.31 bits per heavy atom. The number of carbonyl (C=O) groups excluding carboxylic acids is 1. The summed E-state index contributed by atoms with van der Waals surface area (Å²) in [6.07, 6.45) is 0.897. The first-order chi connectivity index (χ1) is 6.13. The summed E-state index contributed by atoms with van der Waals surface area (Å²) >= 11 is 0. The van der Waals surface area contributed by atoms with E-state index < -0.39 is 0 Å². The molecule has 0 fully saturated rings. The van der Waals surface area contributed by atoms with Crippen LogP contribution in [0.1, 0.15) is 21.5 Å². The van der Waals surface area contributed by atoms with E-state index in [0.717, 1.165) is 17.3 Å². The number of rotatable bonds is 2. The molecular weight excluding hydrogens is 164 g/mol. The highest BCUT2D eigenvalue weighted by Gasteiger charge is 2.07. The molecule has 13 heavy (non-hydrogen) atoms. The van der Waals surface area contributed by atoms with E-state index >= 15 is 0 Å². The summed E-state index contributed by atoms with van der Waals surface area (Å²) in [5, 5.41) is 0. The van der Waals surface area contributed by atoms with Crippen LogP contribution in [0.3, 0.4) is 0 Å². The minimum atomic E-state index is -0.283. The maximum Gasteiger partial charge on any atom is 0.328 e. The van der Waals surface area contributed by atoms with Gasteiger partial charge in [0.1, 0.15) is 0 Å². The third-order valence-electron chi connectivity index (χ3n) is 1.68. The number of hydrogen-bond acceptors (Lipinski definition) is 1. The topological polar surface area (TPSA) is 53.5 Å². The first-order valence-electron chi connectivity index (χ1n) is 3.93. The molecule has 0 unspecified atom stereocenters. The van der Waals surface area contributed by atoms with Crippen molar-refractivity contribution >= 4 is 12.0 Å². The summed E-state index contributed by atoms with van der Waals surface area (Å²) in [5.41, 5.74) is 10.8. The first-order valence-corrected chi connectivity index (χ1v) is 3.93. The molecule has 0 saturated heterocycles. The monoisotopic (exact) mass is 174 g/mol. The van der Waals surface area contributed by atoms with Gasteiger partial charge in [0.2, 0.25) is 0 Å². The van der Waals surface area contributed by atoms with Crippen LogP contribution in [0.4, 0.5) is 0 Å². The number of benzene rings is 1. The Bertz CT molecular complexity index is 370. The van der Waals surface area contributed by atoms with Gasteiger partial charge in [-0.05, 0) is 26.0 Å². The summed E-state index contributed by atoms with van der Waals surface area (Å²) < 4.78 is 0. The van der Waals surface area contributed by atoms with Gasteiger partial charge in [0, 0.05) is 5.56 Å². The molecule has 1 aromatic carbocycles. The fourth-order valence-corrected chi connectivity index (χ4v) is 1.24. The molecule has 66 valence electrons. The average Bonchev–Trinajstić information content (AvgIpc) is 2.03. The SMILES string of the molecule is Cc1cc(C)cc(C(=O)C=[N+]=[N-])c1. The van der Waals surface area contributed by atoms with E-state index in [4.69, 9.17) is 5.53 Å². The van der Waals surface area contributed by atoms with E-state index in [2.05, 4.69) is 4.79 Å². The van der Waals surface area contributed by atoms with Crippen LogP contribution in [0.2, 0.25) is 0 Å². The van der Waals surface area contributed by atoms with E-state index in [0.29, 0.717) is 5.56 Å².